The van der Waals surface area contributed by atoms with E-state index in [0.29, 0.717) is 16.9 Å². The molecule has 4 aromatic rings. The lowest BCUT2D eigenvalue weighted by Gasteiger charge is -2.25. The molecule has 1 unspecified atom stereocenters. The fourth-order valence-corrected chi connectivity index (χ4v) is 4.91. The molecule has 1 N–H and O–H groups in total. The minimum Gasteiger partial charge on any atom is -0.507 e. The Bertz CT molecular complexity index is 1540. The zero-order chi connectivity index (χ0) is 25.6. The fourth-order valence-electron chi connectivity index (χ4n) is 4.70. The number of carbonyl (C=O) groups is 2. The van der Waals surface area contributed by atoms with Crippen LogP contribution in [0.25, 0.3) is 16.7 Å². The predicted molar refractivity (Wildman–Crippen MR) is 135 cm³/mol. The van der Waals surface area contributed by atoms with E-state index in [1.807, 2.05) is 42.1 Å². The first-order valence-electron chi connectivity index (χ1n) is 11.2. The number of benzene rings is 3. The Labute approximate surface area is 211 Å². The predicted octanol–water partition coefficient (Wildman–Crippen LogP) is 5.60. The van der Waals surface area contributed by atoms with Crippen molar-refractivity contribution in [3.05, 3.63) is 106 Å². The van der Waals surface area contributed by atoms with Crippen molar-refractivity contribution in [3.63, 3.8) is 0 Å². The van der Waals surface area contributed by atoms with Gasteiger partial charge in [0.15, 0.2) is 0 Å². The number of rotatable bonds is 5. The van der Waals surface area contributed by atoms with Crippen LogP contribution in [0.5, 0.6) is 5.75 Å². The highest BCUT2D eigenvalue weighted by molar-refractivity contribution is 6.47. The second-order valence-corrected chi connectivity index (χ2v) is 9.02. The van der Waals surface area contributed by atoms with Crippen LogP contribution in [0.2, 0.25) is 5.02 Å². The number of amides is 1. The standard InChI is InChI=1S/C28H22ClFN2O4/c1-31-15-21(19-5-3-4-6-23(19)31)25-24(26(33)20-13-18(36-2)11-12-22(20)29)27(34)28(35)32(25)14-16-7-9-17(30)10-8-16/h3-13,15,25,33H,14H2,1-2H3/b26-24+. The number of halogens is 2. The number of hydrogen-bond donors (Lipinski definition) is 1. The second-order valence-electron chi connectivity index (χ2n) is 8.61. The van der Waals surface area contributed by atoms with Crippen LogP contribution >= 0.6 is 11.6 Å². The van der Waals surface area contributed by atoms with Gasteiger partial charge in [-0.15, -0.1) is 0 Å². The second kappa shape index (κ2) is 9.17. The summed E-state index contributed by atoms with van der Waals surface area (Å²) in [6.45, 7) is 0.0430. The summed E-state index contributed by atoms with van der Waals surface area (Å²) in [7, 11) is 3.35. The number of ketones is 1. The van der Waals surface area contributed by atoms with Crippen molar-refractivity contribution in [3.8, 4) is 5.75 Å². The average molecular weight is 505 g/mol. The molecule has 182 valence electrons. The summed E-state index contributed by atoms with van der Waals surface area (Å²) in [6.07, 6.45) is 1.85. The maximum Gasteiger partial charge on any atom is 0.295 e. The number of nitrogens with zero attached hydrogens (tertiary/aromatic N) is 2. The van der Waals surface area contributed by atoms with E-state index in [0.717, 1.165) is 10.9 Å². The zero-order valence-corrected chi connectivity index (χ0v) is 20.3. The van der Waals surface area contributed by atoms with Gasteiger partial charge in [0.25, 0.3) is 11.7 Å². The number of aromatic nitrogens is 1. The average Bonchev–Trinajstić information content (AvgIpc) is 3.34. The third-order valence-corrected chi connectivity index (χ3v) is 6.79. The van der Waals surface area contributed by atoms with Gasteiger partial charge in [-0.05, 0) is 42.0 Å². The van der Waals surface area contributed by atoms with Crippen LogP contribution in [0.15, 0.2) is 78.5 Å². The van der Waals surface area contributed by atoms with Crippen LogP contribution < -0.4 is 4.74 Å². The Hall–Kier alpha value is -4.10. The van der Waals surface area contributed by atoms with Crippen LogP contribution in [0, 0.1) is 5.82 Å². The number of hydrogen-bond acceptors (Lipinski definition) is 4. The summed E-state index contributed by atoms with van der Waals surface area (Å²) in [6, 6.07) is 17.1. The SMILES string of the molecule is COc1ccc(Cl)c(/C(O)=C2\C(=O)C(=O)N(Cc3ccc(F)cc3)C2c2cn(C)c3ccccc23)c1. The van der Waals surface area contributed by atoms with Gasteiger partial charge in [-0.3, -0.25) is 9.59 Å². The van der Waals surface area contributed by atoms with Crippen LogP contribution in [0.4, 0.5) is 4.39 Å². The highest BCUT2D eigenvalue weighted by atomic mass is 35.5. The molecular formula is C28H22ClFN2O4. The topological polar surface area (TPSA) is 71.8 Å². The van der Waals surface area contributed by atoms with Crippen molar-refractivity contribution in [1.82, 2.24) is 9.47 Å². The van der Waals surface area contributed by atoms with Gasteiger partial charge in [-0.2, -0.15) is 0 Å². The number of para-hydroxylation sites is 1. The molecule has 0 bridgehead atoms. The van der Waals surface area contributed by atoms with E-state index in [4.69, 9.17) is 16.3 Å². The minimum absolute atomic E-state index is 0.0430. The van der Waals surface area contributed by atoms with Gasteiger partial charge in [-0.1, -0.05) is 41.9 Å². The fraction of sp³-hybridized carbons (Fsp3) is 0.143. The molecule has 5 rings (SSSR count). The first-order chi connectivity index (χ1) is 17.3. The van der Waals surface area contributed by atoms with E-state index >= 15 is 0 Å². The summed E-state index contributed by atoms with van der Waals surface area (Å²) in [4.78, 5) is 28.2. The summed E-state index contributed by atoms with van der Waals surface area (Å²) in [5, 5.41) is 12.5. The summed E-state index contributed by atoms with van der Waals surface area (Å²) >= 11 is 6.39. The molecule has 3 aromatic carbocycles. The number of ether oxygens (including phenoxy) is 1. The number of carbonyl (C=O) groups excluding carboxylic acids is 2. The van der Waals surface area contributed by atoms with E-state index in [-0.39, 0.29) is 22.7 Å². The Kier molecular flexibility index (Phi) is 6.02. The van der Waals surface area contributed by atoms with E-state index in [2.05, 4.69) is 0 Å². The molecule has 1 aromatic heterocycles. The van der Waals surface area contributed by atoms with Gasteiger partial charge >= 0.3 is 0 Å². The highest BCUT2D eigenvalue weighted by Gasteiger charge is 2.47. The molecule has 1 aliphatic heterocycles. The molecule has 1 amide bonds. The molecule has 1 saturated heterocycles. The molecule has 36 heavy (non-hydrogen) atoms. The molecule has 1 fully saturated rings. The zero-order valence-electron chi connectivity index (χ0n) is 19.5. The number of likely N-dealkylation sites (tertiary alicyclic amines) is 1. The van der Waals surface area contributed by atoms with E-state index in [1.165, 1.54) is 30.2 Å². The van der Waals surface area contributed by atoms with Crippen molar-refractivity contribution in [2.24, 2.45) is 7.05 Å². The first kappa shape index (κ1) is 23.6. The molecule has 0 aliphatic carbocycles. The lowest BCUT2D eigenvalue weighted by atomic mass is 9.94. The van der Waals surface area contributed by atoms with Crippen molar-refractivity contribution in [1.29, 1.82) is 0 Å². The smallest absolute Gasteiger partial charge is 0.295 e. The van der Waals surface area contributed by atoms with Crippen LogP contribution in [-0.2, 0) is 23.2 Å². The van der Waals surface area contributed by atoms with E-state index in [1.54, 1.807) is 24.3 Å². The Balaban J connectivity index is 1.74. The van der Waals surface area contributed by atoms with Gasteiger partial charge in [-0.25, -0.2) is 4.39 Å². The van der Waals surface area contributed by atoms with Crippen molar-refractivity contribution >= 4 is 40.0 Å². The summed E-state index contributed by atoms with van der Waals surface area (Å²) in [5.74, 6) is -1.96. The Morgan fingerprint density at radius 3 is 2.53 bits per heavy atom. The maximum absolute atomic E-state index is 13.5. The largest absolute Gasteiger partial charge is 0.507 e. The quantitative estimate of drug-likeness (QED) is 0.218. The molecule has 1 atom stereocenters. The van der Waals surface area contributed by atoms with Crippen LogP contribution in [-0.4, -0.2) is 33.4 Å². The van der Waals surface area contributed by atoms with E-state index in [9.17, 15) is 19.1 Å². The lowest BCUT2D eigenvalue weighted by molar-refractivity contribution is -0.140. The number of methoxy groups -OCH3 is 1. The maximum atomic E-state index is 13.5. The molecule has 2 heterocycles. The molecule has 8 heteroatoms. The van der Waals surface area contributed by atoms with Gasteiger partial charge in [0.2, 0.25) is 0 Å². The number of aliphatic hydroxyl groups is 1. The molecule has 6 nitrogen and oxygen atoms in total. The molecule has 0 spiro atoms. The van der Waals surface area contributed by atoms with Gasteiger partial charge in [0.05, 0.1) is 23.7 Å². The number of fused-ring (bicyclic) bond motifs is 1. The van der Waals surface area contributed by atoms with Crippen molar-refractivity contribution < 1.29 is 23.8 Å². The van der Waals surface area contributed by atoms with Gasteiger partial charge in [0, 0.05) is 41.8 Å². The van der Waals surface area contributed by atoms with Crippen LogP contribution in [0.3, 0.4) is 0 Å². The molecule has 0 radical (unpaired) electrons. The molecule has 0 saturated carbocycles. The van der Waals surface area contributed by atoms with Gasteiger partial charge in [0.1, 0.15) is 17.3 Å². The normalized spacial score (nSPS) is 17.2. The van der Waals surface area contributed by atoms with Crippen LogP contribution in [0.1, 0.15) is 22.7 Å². The number of aryl methyl sites for hydroxylation is 1. The van der Waals surface area contributed by atoms with E-state index < -0.39 is 29.3 Å². The van der Waals surface area contributed by atoms with Crippen molar-refractivity contribution in [2.45, 2.75) is 12.6 Å². The molecular weight excluding hydrogens is 483 g/mol. The Morgan fingerprint density at radius 2 is 1.81 bits per heavy atom. The van der Waals surface area contributed by atoms with Gasteiger partial charge < -0.3 is 19.3 Å². The highest BCUT2D eigenvalue weighted by Crippen LogP contribution is 2.44. The number of aliphatic hydroxyl groups excluding tert-OH is 1. The first-order valence-corrected chi connectivity index (χ1v) is 11.6. The monoisotopic (exact) mass is 504 g/mol. The Morgan fingerprint density at radius 1 is 1.08 bits per heavy atom. The van der Waals surface area contributed by atoms with Crippen molar-refractivity contribution in [2.75, 3.05) is 7.11 Å². The third kappa shape index (κ3) is 3.91. The molecule has 1 aliphatic rings. The third-order valence-electron chi connectivity index (χ3n) is 6.46. The number of Topliss-reactive ketones (excluding diaryl/α,β-unsaturated/α-hetero) is 1. The lowest BCUT2D eigenvalue weighted by Crippen LogP contribution is -2.29. The minimum atomic E-state index is -0.900. The summed E-state index contributed by atoms with van der Waals surface area (Å²) < 4.78 is 20.7. The summed E-state index contributed by atoms with van der Waals surface area (Å²) in [5.41, 5.74) is 2.33.